The van der Waals surface area contributed by atoms with Crippen molar-refractivity contribution in [2.45, 2.75) is 46.0 Å². The first-order valence-corrected chi connectivity index (χ1v) is 8.75. The quantitative estimate of drug-likeness (QED) is 0.926. The Hall–Kier alpha value is -1.84. The molecule has 1 aliphatic heterocycles. The smallest absolute Gasteiger partial charge is 0.253 e. The van der Waals surface area contributed by atoms with E-state index in [-0.39, 0.29) is 17.7 Å². The van der Waals surface area contributed by atoms with Crippen LogP contribution in [0.4, 0.5) is 5.69 Å². The van der Waals surface area contributed by atoms with Crippen LogP contribution in [0, 0.1) is 18.8 Å². The van der Waals surface area contributed by atoms with Crippen molar-refractivity contribution in [1.82, 2.24) is 4.90 Å². The summed E-state index contributed by atoms with van der Waals surface area (Å²) in [6, 6.07) is 5.61. The van der Waals surface area contributed by atoms with E-state index in [0.717, 1.165) is 55.6 Å². The van der Waals surface area contributed by atoms with E-state index in [1.165, 1.54) is 6.42 Å². The van der Waals surface area contributed by atoms with Gasteiger partial charge in [0, 0.05) is 30.3 Å². The number of nitrogens with zero attached hydrogens (tertiary/aromatic N) is 1. The molecule has 1 saturated heterocycles. The summed E-state index contributed by atoms with van der Waals surface area (Å²) < 4.78 is 0. The molecule has 3 rings (SSSR count). The number of aryl methyl sites for hydroxylation is 1. The Morgan fingerprint density at radius 1 is 1.17 bits per heavy atom. The Morgan fingerprint density at radius 2 is 1.96 bits per heavy atom. The van der Waals surface area contributed by atoms with Crippen LogP contribution in [0.15, 0.2) is 18.2 Å². The van der Waals surface area contributed by atoms with Gasteiger partial charge >= 0.3 is 0 Å². The van der Waals surface area contributed by atoms with Gasteiger partial charge in [0.1, 0.15) is 0 Å². The molecule has 1 aromatic carbocycles. The Kier molecular flexibility index (Phi) is 4.69. The van der Waals surface area contributed by atoms with Crippen molar-refractivity contribution < 1.29 is 9.59 Å². The van der Waals surface area contributed by atoms with Gasteiger partial charge in [-0.3, -0.25) is 9.59 Å². The van der Waals surface area contributed by atoms with Crippen LogP contribution in [0.25, 0.3) is 0 Å². The molecule has 124 valence electrons. The Labute approximate surface area is 138 Å². The minimum Gasteiger partial charge on any atom is -0.338 e. The highest BCUT2D eigenvalue weighted by Crippen LogP contribution is 2.28. The molecule has 2 amide bonds. The molecule has 2 aliphatic rings. The van der Waals surface area contributed by atoms with Crippen molar-refractivity contribution in [3.05, 3.63) is 29.3 Å². The third-order valence-electron chi connectivity index (χ3n) is 5.15. The number of carbonyl (C=O) groups excluding carboxylic acids is 2. The summed E-state index contributed by atoms with van der Waals surface area (Å²) in [5.41, 5.74) is 2.50. The molecular formula is C19H26N2O2. The number of piperidine rings is 1. The molecular weight excluding hydrogens is 288 g/mol. The minimum absolute atomic E-state index is 0.108. The molecule has 1 unspecified atom stereocenters. The number of nitrogens with one attached hydrogen (secondary N) is 1. The van der Waals surface area contributed by atoms with Gasteiger partial charge in [0.25, 0.3) is 5.91 Å². The fourth-order valence-electron chi connectivity index (χ4n) is 3.40. The number of rotatable bonds is 3. The van der Waals surface area contributed by atoms with Gasteiger partial charge in [-0.2, -0.15) is 0 Å². The van der Waals surface area contributed by atoms with Gasteiger partial charge in [0.15, 0.2) is 0 Å². The molecule has 23 heavy (non-hydrogen) atoms. The molecule has 0 bridgehead atoms. The number of amides is 2. The topological polar surface area (TPSA) is 49.4 Å². The van der Waals surface area contributed by atoms with Gasteiger partial charge in [0.2, 0.25) is 5.91 Å². The van der Waals surface area contributed by atoms with E-state index in [2.05, 4.69) is 12.2 Å². The predicted molar refractivity (Wildman–Crippen MR) is 91.5 cm³/mol. The van der Waals surface area contributed by atoms with Crippen LogP contribution in [0.1, 0.15) is 54.9 Å². The molecule has 0 spiro atoms. The highest BCUT2D eigenvalue weighted by molar-refractivity contribution is 5.97. The minimum atomic E-state index is 0.108. The maximum absolute atomic E-state index is 12.6. The van der Waals surface area contributed by atoms with Gasteiger partial charge < -0.3 is 10.2 Å². The molecule has 0 radical (unpaired) electrons. The highest BCUT2D eigenvalue weighted by Gasteiger charge is 2.26. The average Bonchev–Trinajstić information content (AvgIpc) is 2.46. The fraction of sp³-hybridized carbons (Fsp3) is 0.579. The Morgan fingerprint density at radius 3 is 2.57 bits per heavy atom. The molecule has 1 atom stereocenters. The molecule has 1 N–H and O–H groups in total. The molecule has 1 aliphatic carbocycles. The van der Waals surface area contributed by atoms with E-state index >= 15 is 0 Å². The van der Waals surface area contributed by atoms with Crippen molar-refractivity contribution in [3.8, 4) is 0 Å². The van der Waals surface area contributed by atoms with Crippen LogP contribution in [0.3, 0.4) is 0 Å². The van der Waals surface area contributed by atoms with Crippen LogP contribution in [-0.2, 0) is 4.79 Å². The van der Waals surface area contributed by atoms with E-state index in [1.807, 2.05) is 30.0 Å². The molecule has 0 aromatic heterocycles. The second-order valence-electron chi connectivity index (χ2n) is 7.15. The van der Waals surface area contributed by atoms with E-state index in [1.54, 1.807) is 0 Å². The number of hydrogen-bond acceptors (Lipinski definition) is 2. The van der Waals surface area contributed by atoms with Gasteiger partial charge in [0.05, 0.1) is 0 Å². The first-order valence-electron chi connectivity index (χ1n) is 8.75. The summed E-state index contributed by atoms with van der Waals surface area (Å²) in [4.78, 5) is 26.7. The van der Waals surface area contributed by atoms with Gasteiger partial charge in [-0.25, -0.2) is 0 Å². The zero-order valence-corrected chi connectivity index (χ0v) is 14.1. The van der Waals surface area contributed by atoms with Gasteiger partial charge in [-0.05, 0) is 62.3 Å². The summed E-state index contributed by atoms with van der Waals surface area (Å²) in [5, 5.41) is 3.00. The predicted octanol–water partition coefficient (Wildman–Crippen LogP) is 3.61. The molecule has 4 heteroatoms. The van der Waals surface area contributed by atoms with E-state index in [0.29, 0.717) is 5.92 Å². The summed E-state index contributed by atoms with van der Waals surface area (Å²) in [5.74, 6) is 0.972. The van der Waals surface area contributed by atoms with Crippen molar-refractivity contribution in [1.29, 1.82) is 0 Å². The molecule has 1 aromatic rings. The standard InChI is InChI=1S/C19H26N2O2/c1-13-5-4-10-21(12-13)19(23)16-8-9-17(14(2)11-16)20-18(22)15-6-3-7-15/h8-9,11,13,15H,3-7,10,12H2,1-2H3,(H,20,22). The third-order valence-corrected chi connectivity index (χ3v) is 5.15. The summed E-state index contributed by atoms with van der Waals surface area (Å²) >= 11 is 0. The number of hydrogen-bond donors (Lipinski definition) is 1. The average molecular weight is 314 g/mol. The summed E-state index contributed by atoms with van der Waals surface area (Å²) in [7, 11) is 0. The number of anilines is 1. The Balaban J connectivity index is 1.68. The van der Waals surface area contributed by atoms with Crippen molar-refractivity contribution in [3.63, 3.8) is 0 Å². The SMILES string of the molecule is Cc1cc(C(=O)N2CCCC(C)C2)ccc1NC(=O)C1CCC1. The van der Waals surface area contributed by atoms with Crippen LogP contribution >= 0.6 is 0 Å². The van der Waals surface area contributed by atoms with E-state index < -0.39 is 0 Å². The van der Waals surface area contributed by atoms with Crippen LogP contribution in [-0.4, -0.2) is 29.8 Å². The monoisotopic (exact) mass is 314 g/mol. The van der Waals surface area contributed by atoms with Gasteiger partial charge in [-0.1, -0.05) is 13.3 Å². The first kappa shape index (κ1) is 16.0. The second kappa shape index (κ2) is 6.73. The number of benzene rings is 1. The third kappa shape index (κ3) is 3.57. The zero-order valence-electron chi connectivity index (χ0n) is 14.1. The van der Waals surface area contributed by atoms with E-state index in [9.17, 15) is 9.59 Å². The van der Waals surface area contributed by atoms with Crippen molar-refractivity contribution in [2.24, 2.45) is 11.8 Å². The normalized spacial score (nSPS) is 21.7. The number of likely N-dealkylation sites (tertiary alicyclic amines) is 1. The van der Waals surface area contributed by atoms with Crippen LogP contribution in [0.5, 0.6) is 0 Å². The number of carbonyl (C=O) groups is 2. The van der Waals surface area contributed by atoms with Crippen molar-refractivity contribution >= 4 is 17.5 Å². The first-order chi connectivity index (χ1) is 11.0. The lowest BCUT2D eigenvalue weighted by atomic mass is 9.85. The largest absolute Gasteiger partial charge is 0.338 e. The maximum atomic E-state index is 12.6. The molecule has 1 heterocycles. The summed E-state index contributed by atoms with van der Waals surface area (Å²) in [6.07, 6.45) is 5.43. The maximum Gasteiger partial charge on any atom is 0.253 e. The lowest BCUT2D eigenvalue weighted by Crippen LogP contribution is -2.39. The Bertz CT molecular complexity index is 607. The van der Waals surface area contributed by atoms with Crippen molar-refractivity contribution in [2.75, 3.05) is 18.4 Å². The lowest BCUT2D eigenvalue weighted by molar-refractivity contribution is -0.122. The van der Waals surface area contributed by atoms with Crippen LogP contribution < -0.4 is 5.32 Å². The molecule has 2 fully saturated rings. The van der Waals surface area contributed by atoms with E-state index in [4.69, 9.17) is 0 Å². The van der Waals surface area contributed by atoms with Gasteiger partial charge in [-0.15, -0.1) is 0 Å². The summed E-state index contributed by atoms with van der Waals surface area (Å²) in [6.45, 7) is 5.84. The molecule has 1 saturated carbocycles. The highest BCUT2D eigenvalue weighted by atomic mass is 16.2. The lowest BCUT2D eigenvalue weighted by Gasteiger charge is -2.31. The zero-order chi connectivity index (χ0) is 16.4. The molecule has 4 nitrogen and oxygen atoms in total. The van der Waals surface area contributed by atoms with Crippen LogP contribution in [0.2, 0.25) is 0 Å². The second-order valence-corrected chi connectivity index (χ2v) is 7.15. The fourth-order valence-corrected chi connectivity index (χ4v) is 3.40.